The Balaban J connectivity index is 1.97. The first kappa shape index (κ1) is 12.8. The molecule has 3 N–H and O–H groups in total. The maximum Gasteiger partial charge on any atom is 0.305 e. The number of nitrogens with one attached hydrogen (secondary N) is 2. The van der Waals surface area contributed by atoms with E-state index in [1.165, 1.54) is 6.33 Å². The zero-order valence-corrected chi connectivity index (χ0v) is 10.2. The van der Waals surface area contributed by atoms with E-state index in [2.05, 4.69) is 20.6 Å². The minimum absolute atomic E-state index is 0.0471. The lowest BCUT2D eigenvalue weighted by molar-refractivity contribution is -0.136. The van der Waals surface area contributed by atoms with Gasteiger partial charge in [0.1, 0.15) is 18.0 Å². The average Bonchev–Trinajstić information content (AvgIpc) is 2.40. The van der Waals surface area contributed by atoms with Crippen LogP contribution in [-0.2, 0) is 4.79 Å². The summed E-state index contributed by atoms with van der Waals surface area (Å²) >= 11 is 0. The molecule has 0 aliphatic carbocycles. The summed E-state index contributed by atoms with van der Waals surface area (Å²) in [7, 11) is 0. The van der Waals surface area contributed by atoms with Crippen LogP contribution in [0.3, 0.4) is 0 Å². The third kappa shape index (κ3) is 4.27. The molecule has 2 rings (SSSR count). The molecule has 0 aliphatic rings. The second kappa shape index (κ2) is 6.34. The van der Waals surface area contributed by atoms with E-state index in [-0.39, 0.29) is 6.42 Å². The van der Waals surface area contributed by atoms with Gasteiger partial charge in [0.2, 0.25) is 0 Å². The van der Waals surface area contributed by atoms with Crippen molar-refractivity contribution in [2.45, 2.75) is 6.42 Å². The highest BCUT2D eigenvalue weighted by Gasteiger charge is 2.00. The molecule has 98 valence electrons. The van der Waals surface area contributed by atoms with Crippen LogP contribution in [0.4, 0.5) is 17.3 Å². The lowest BCUT2D eigenvalue weighted by Gasteiger charge is -2.07. The Kier molecular flexibility index (Phi) is 4.28. The van der Waals surface area contributed by atoms with Crippen LogP contribution >= 0.6 is 0 Å². The van der Waals surface area contributed by atoms with E-state index in [0.29, 0.717) is 18.2 Å². The highest BCUT2D eigenvalue weighted by atomic mass is 16.4. The zero-order chi connectivity index (χ0) is 13.5. The van der Waals surface area contributed by atoms with Crippen molar-refractivity contribution in [1.29, 1.82) is 0 Å². The lowest BCUT2D eigenvalue weighted by Crippen LogP contribution is -2.09. The molecule has 2 aromatic rings. The predicted octanol–water partition coefficient (Wildman–Crippen LogP) is 2.11. The van der Waals surface area contributed by atoms with Gasteiger partial charge in [-0.25, -0.2) is 9.97 Å². The van der Waals surface area contributed by atoms with Crippen molar-refractivity contribution >= 4 is 23.3 Å². The Hall–Kier alpha value is -2.63. The van der Waals surface area contributed by atoms with Gasteiger partial charge in [0.05, 0.1) is 6.42 Å². The molecule has 19 heavy (non-hydrogen) atoms. The minimum atomic E-state index is -0.843. The number of benzene rings is 1. The Labute approximate surface area is 110 Å². The molecule has 0 unspecified atom stereocenters. The van der Waals surface area contributed by atoms with Gasteiger partial charge in [0, 0.05) is 18.3 Å². The maximum atomic E-state index is 10.4. The van der Waals surface area contributed by atoms with Crippen molar-refractivity contribution in [2.24, 2.45) is 0 Å². The van der Waals surface area contributed by atoms with Crippen LogP contribution in [0, 0.1) is 0 Å². The average molecular weight is 258 g/mol. The Bertz CT molecular complexity index is 545. The molecule has 0 bridgehead atoms. The number of rotatable bonds is 6. The Morgan fingerprint density at radius 1 is 1.16 bits per heavy atom. The van der Waals surface area contributed by atoms with Crippen LogP contribution in [0.1, 0.15) is 6.42 Å². The van der Waals surface area contributed by atoms with Gasteiger partial charge in [-0.05, 0) is 12.1 Å². The summed E-state index contributed by atoms with van der Waals surface area (Å²) in [4.78, 5) is 18.5. The summed E-state index contributed by atoms with van der Waals surface area (Å²) in [5.74, 6) is 0.401. The Morgan fingerprint density at radius 3 is 2.63 bits per heavy atom. The van der Waals surface area contributed by atoms with Crippen molar-refractivity contribution in [2.75, 3.05) is 17.2 Å². The summed E-state index contributed by atoms with van der Waals surface area (Å²) in [5.41, 5.74) is 0.928. The Morgan fingerprint density at radius 2 is 1.89 bits per heavy atom. The molecule has 6 heteroatoms. The summed E-state index contributed by atoms with van der Waals surface area (Å²) in [6.07, 6.45) is 1.47. The van der Waals surface area contributed by atoms with Crippen molar-refractivity contribution in [3.05, 3.63) is 42.7 Å². The van der Waals surface area contributed by atoms with Crippen LogP contribution in [0.2, 0.25) is 0 Å². The standard InChI is InChI=1S/C13H14N4O2/c18-13(19)6-7-14-11-8-12(16-9-15-11)17-10-4-2-1-3-5-10/h1-5,8-9H,6-7H2,(H,18,19)(H2,14,15,16,17). The molecular formula is C13H14N4O2. The monoisotopic (exact) mass is 258 g/mol. The third-order valence-corrected chi connectivity index (χ3v) is 2.36. The van der Waals surface area contributed by atoms with Gasteiger partial charge in [0.15, 0.2) is 0 Å². The van der Waals surface area contributed by atoms with Crippen LogP contribution in [0.5, 0.6) is 0 Å². The van der Waals surface area contributed by atoms with Gasteiger partial charge in [-0.1, -0.05) is 18.2 Å². The minimum Gasteiger partial charge on any atom is -0.481 e. The predicted molar refractivity (Wildman–Crippen MR) is 72.5 cm³/mol. The van der Waals surface area contributed by atoms with Crippen molar-refractivity contribution in [3.8, 4) is 0 Å². The summed E-state index contributed by atoms with van der Waals surface area (Å²) in [5, 5.41) is 14.6. The largest absolute Gasteiger partial charge is 0.481 e. The van der Waals surface area contributed by atoms with E-state index in [0.717, 1.165) is 5.69 Å². The quantitative estimate of drug-likeness (QED) is 0.735. The molecule has 0 saturated heterocycles. The lowest BCUT2D eigenvalue weighted by atomic mass is 10.3. The summed E-state index contributed by atoms with van der Waals surface area (Å²) < 4.78 is 0. The van der Waals surface area contributed by atoms with Crippen molar-refractivity contribution < 1.29 is 9.90 Å². The number of aromatic nitrogens is 2. The van der Waals surface area contributed by atoms with Crippen LogP contribution < -0.4 is 10.6 Å². The maximum absolute atomic E-state index is 10.4. The van der Waals surface area contributed by atoms with E-state index < -0.39 is 5.97 Å². The molecule has 1 aromatic carbocycles. The topological polar surface area (TPSA) is 87.1 Å². The molecule has 1 heterocycles. The third-order valence-electron chi connectivity index (χ3n) is 2.36. The van der Waals surface area contributed by atoms with Gasteiger partial charge in [-0.3, -0.25) is 4.79 Å². The molecule has 0 saturated carbocycles. The molecule has 6 nitrogen and oxygen atoms in total. The number of aliphatic carboxylic acids is 1. The zero-order valence-electron chi connectivity index (χ0n) is 10.2. The molecule has 0 spiro atoms. The van der Waals surface area contributed by atoms with Gasteiger partial charge < -0.3 is 15.7 Å². The number of carbonyl (C=O) groups is 1. The number of carboxylic acids is 1. The smallest absolute Gasteiger partial charge is 0.305 e. The fourth-order valence-corrected chi connectivity index (χ4v) is 1.49. The summed E-state index contributed by atoms with van der Waals surface area (Å²) in [6.45, 7) is 0.330. The van der Waals surface area contributed by atoms with Crippen LogP contribution in [0.15, 0.2) is 42.7 Å². The number of hydrogen-bond acceptors (Lipinski definition) is 5. The molecule has 0 radical (unpaired) electrons. The van der Waals surface area contributed by atoms with E-state index in [4.69, 9.17) is 5.11 Å². The van der Waals surface area contributed by atoms with E-state index in [1.54, 1.807) is 6.07 Å². The van der Waals surface area contributed by atoms with Gasteiger partial charge >= 0.3 is 5.97 Å². The molecule has 0 atom stereocenters. The van der Waals surface area contributed by atoms with Gasteiger partial charge in [-0.2, -0.15) is 0 Å². The second-order valence-corrected chi connectivity index (χ2v) is 3.85. The number of para-hydroxylation sites is 1. The second-order valence-electron chi connectivity index (χ2n) is 3.85. The van der Waals surface area contributed by atoms with Gasteiger partial charge in [0.25, 0.3) is 0 Å². The number of carboxylic acid groups (broad SMARTS) is 1. The van der Waals surface area contributed by atoms with E-state index in [9.17, 15) is 4.79 Å². The highest BCUT2D eigenvalue weighted by Crippen LogP contribution is 2.15. The van der Waals surface area contributed by atoms with Crippen molar-refractivity contribution in [1.82, 2.24) is 9.97 Å². The summed E-state index contributed by atoms with van der Waals surface area (Å²) in [6, 6.07) is 11.4. The first-order chi connectivity index (χ1) is 9.24. The van der Waals surface area contributed by atoms with Crippen LogP contribution in [-0.4, -0.2) is 27.6 Å². The fraction of sp³-hybridized carbons (Fsp3) is 0.154. The molecule has 0 amide bonds. The number of nitrogens with zero attached hydrogens (tertiary/aromatic N) is 2. The fourth-order valence-electron chi connectivity index (χ4n) is 1.49. The molecule has 0 aliphatic heterocycles. The number of anilines is 3. The van der Waals surface area contributed by atoms with Crippen LogP contribution in [0.25, 0.3) is 0 Å². The highest BCUT2D eigenvalue weighted by molar-refractivity contribution is 5.67. The SMILES string of the molecule is O=C(O)CCNc1cc(Nc2ccccc2)ncn1. The first-order valence-electron chi connectivity index (χ1n) is 5.84. The molecule has 0 fully saturated rings. The van der Waals surface area contributed by atoms with E-state index >= 15 is 0 Å². The number of hydrogen-bond donors (Lipinski definition) is 3. The molecule has 1 aromatic heterocycles. The van der Waals surface area contributed by atoms with Crippen molar-refractivity contribution in [3.63, 3.8) is 0 Å². The molecular weight excluding hydrogens is 244 g/mol. The van der Waals surface area contributed by atoms with E-state index in [1.807, 2.05) is 30.3 Å². The first-order valence-corrected chi connectivity index (χ1v) is 5.84. The normalized spacial score (nSPS) is 9.89. The van der Waals surface area contributed by atoms with Gasteiger partial charge in [-0.15, -0.1) is 0 Å².